The molecule has 192 valence electrons. The van der Waals surface area contributed by atoms with Crippen LogP contribution in [0.2, 0.25) is 0 Å². The zero-order valence-electron chi connectivity index (χ0n) is 22.2. The summed E-state index contributed by atoms with van der Waals surface area (Å²) < 4.78 is 5.35. The number of carbonyl (C=O) groups excluding carboxylic acids is 3. The lowest BCUT2D eigenvalue weighted by molar-refractivity contribution is -0.139. The average Bonchev–Trinajstić information content (AvgIpc) is 2.73. The van der Waals surface area contributed by atoms with Gasteiger partial charge in [0.2, 0.25) is 5.91 Å². The Morgan fingerprint density at radius 3 is 2.11 bits per heavy atom. The lowest BCUT2D eigenvalue weighted by Gasteiger charge is -2.33. The summed E-state index contributed by atoms with van der Waals surface area (Å²) in [7, 11) is 0. The van der Waals surface area contributed by atoms with Crippen LogP contribution in [0.5, 0.6) is 0 Å². The van der Waals surface area contributed by atoms with E-state index in [1.54, 1.807) is 20.8 Å². The number of alkyl carbamates (subject to hydrolysis) is 1. The van der Waals surface area contributed by atoms with E-state index in [0.29, 0.717) is 5.56 Å². The van der Waals surface area contributed by atoms with Crippen LogP contribution in [0, 0.1) is 32.2 Å². The average molecular weight is 484 g/mol. The monoisotopic (exact) mass is 483 g/mol. The fourth-order valence-electron chi connectivity index (χ4n) is 4.48. The number of benzene rings is 1. The van der Waals surface area contributed by atoms with Gasteiger partial charge in [-0.15, -0.1) is 0 Å². The van der Waals surface area contributed by atoms with E-state index in [1.165, 1.54) is 0 Å². The van der Waals surface area contributed by atoms with Gasteiger partial charge >= 0.3 is 6.09 Å². The molecule has 0 bridgehead atoms. The van der Waals surface area contributed by atoms with Gasteiger partial charge in [-0.1, -0.05) is 68.9 Å². The number of hydrogen-bond donors (Lipinski definition) is 2. The van der Waals surface area contributed by atoms with E-state index in [9.17, 15) is 14.4 Å². The SMILES string of the molecule is C#CN(C(=O)C(NC(=O)OC(C)(C)C)C(C)C)C(C(=O)NC1CCCCC1)c1cc(C)cc(C)c1. The molecule has 2 unspecified atom stereocenters. The minimum absolute atomic E-state index is 0.0557. The van der Waals surface area contributed by atoms with Crippen LogP contribution in [0.4, 0.5) is 4.79 Å². The van der Waals surface area contributed by atoms with Crippen LogP contribution >= 0.6 is 0 Å². The van der Waals surface area contributed by atoms with E-state index in [0.717, 1.165) is 48.1 Å². The van der Waals surface area contributed by atoms with Gasteiger partial charge in [-0.25, -0.2) is 4.79 Å². The first-order valence-corrected chi connectivity index (χ1v) is 12.5. The van der Waals surface area contributed by atoms with Crippen molar-refractivity contribution in [1.82, 2.24) is 15.5 Å². The Hall–Kier alpha value is -3.01. The van der Waals surface area contributed by atoms with Gasteiger partial charge in [-0.2, -0.15) is 0 Å². The highest BCUT2D eigenvalue weighted by atomic mass is 16.6. The maximum atomic E-state index is 13.7. The summed E-state index contributed by atoms with van der Waals surface area (Å²) in [6, 6.07) is 6.28. The lowest BCUT2D eigenvalue weighted by atomic mass is 9.93. The molecule has 0 spiro atoms. The van der Waals surface area contributed by atoms with Crippen molar-refractivity contribution in [3.8, 4) is 12.5 Å². The quantitative estimate of drug-likeness (QED) is 0.432. The second-order valence-corrected chi connectivity index (χ2v) is 10.9. The highest BCUT2D eigenvalue weighted by Gasteiger charge is 2.38. The van der Waals surface area contributed by atoms with Crippen LogP contribution in [0.15, 0.2) is 18.2 Å². The summed E-state index contributed by atoms with van der Waals surface area (Å²) in [6.07, 6.45) is 10.2. The van der Waals surface area contributed by atoms with Crippen LogP contribution < -0.4 is 10.6 Å². The Labute approximate surface area is 210 Å². The van der Waals surface area contributed by atoms with Crippen LogP contribution in [-0.2, 0) is 14.3 Å². The molecule has 2 N–H and O–H groups in total. The maximum absolute atomic E-state index is 13.7. The molecule has 0 saturated heterocycles. The first-order valence-electron chi connectivity index (χ1n) is 12.5. The highest BCUT2D eigenvalue weighted by Crippen LogP contribution is 2.27. The third-order valence-electron chi connectivity index (χ3n) is 6.00. The van der Waals surface area contributed by atoms with Crippen LogP contribution in [0.3, 0.4) is 0 Å². The minimum atomic E-state index is -1.02. The van der Waals surface area contributed by atoms with Crippen LogP contribution in [0.25, 0.3) is 0 Å². The standard InChI is InChI=1S/C28H41N3O4/c1-9-31(26(33)23(18(2)3)30-27(34)35-28(6,7)8)24(21-16-19(4)15-20(5)17-21)25(32)29-22-13-11-10-12-14-22/h1,15-18,22-24H,10-14H2,2-8H3,(H,29,32)(H,30,34). The minimum Gasteiger partial charge on any atom is -0.444 e. The van der Waals surface area contributed by atoms with Crippen molar-refractivity contribution < 1.29 is 19.1 Å². The number of rotatable bonds is 7. The van der Waals surface area contributed by atoms with Gasteiger partial charge in [0, 0.05) is 12.1 Å². The molecule has 0 aromatic heterocycles. The predicted octanol–water partition coefficient (Wildman–Crippen LogP) is 4.76. The topological polar surface area (TPSA) is 87.7 Å². The van der Waals surface area contributed by atoms with E-state index in [4.69, 9.17) is 11.2 Å². The summed E-state index contributed by atoms with van der Waals surface area (Å²) in [4.78, 5) is 41.0. The maximum Gasteiger partial charge on any atom is 0.408 e. The van der Waals surface area contributed by atoms with Gasteiger partial charge in [0.15, 0.2) is 0 Å². The molecule has 1 aromatic rings. The summed E-state index contributed by atoms with van der Waals surface area (Å²) in [5, 5.41) is 5.78. The van der Waals surface area contributed by atoms with Crippen molar-refractivity contribution in [2.45, 2.75) is 104 Å². The number of aryl methyl sites for hydroxylation is 2. The second-order valence-electron chi connectivity index (χ2n) is 10.9. The van der Waals surface area contributed by atoms with Crippen molar-refractivity contribution in [2.24, 2.45) is 5.92 Å². The third kappa shape index (κ3) is 8.31. The number of amides is 3. The molecule has 7 nitrogen and oxygen atoms in total. The highest BCUT2D eigenvalue weighted by molar-refractivity contribution is 5.93. The molecule has 2 rings (SSSR count). The van der Waals surface area contributed by atoms with Gasteiger partial charge in [-0.3, -0.25) is 14.5 Å². The van der Waals surface area contributed by atoms with Crippen molar-refractivity contribution >= 4 is 17.9 Å². The summed E-state index contributed by atoms with van der Waals surface area (Å²) in [5.74, 6) is -1.13. The summed E-state index contributed by atoms with van der Waals surface area (Å²) in [5.41, 5.74) is 1.85. The Bertz CT molecular complexity index is 932. The molecule has 35 heavy (non-hydrogen) atoms. The predicted molar refractivity (Wildman–Crippen MR) is 137 cm³/mol. The molecule has 1 aliphatic rings. The first kappa shape index (κ1) is 28.2. The van der Waals surface area contributed by atoms with E-state index in [2.05, 4.69) is 16.7 Å². The smallest absolute Gasteiger partial charge is 0.408 e. The lowest BCUT2D eigenvalue weighted by Crippen LogP contribution is -2.54. The molecule has 7 heteroatoms. The Balaban J connectivity index is 2.42. The molecular weight excluding hydrogens is 442 g/mol. The van der Waals surface area contributed by atoms with E-state index < -0.39 is 29.7 Å². The molecule has 0 radical (unpaired) electrons. The van der Waals surface area contributed by atoms with Gasteiger partial charge in [0.1, 0.15) is 17.7 Å². The Kier molecular flexibility index (Phi) is 9.76. The number of carbonyl (C=O) groups is 3. The Morgan fingerprint density at radius 2 is 1.63 bits per heavy atom. The number of nitrogens with one attached hydrogen (secondary N) is 2. The number of hydrogen-bond acceptors (Lipinski definition) is 4. The fourth-order valence-corrected chi connectivity index (χ4v) is 4.48. The van der Waals surface area contributed by atoms with Gasteiger partial charge in [-0.05, 0) is 58.9 Å². The van der Waals surface area contributed by atoms with Crippen LogP contribution in [-0.4, -0.2) is 40.5 Å². The van der Waals surface area contributed by atoms with Crippen molar-refractivity contribution in [2.75, 3.05) is 0 Å². The largest absolute Gasteiger partial charge is 0.444 e. The summed E-state index contributed by atoms with van der Waals surface area (Å²) >= 11 is 0. The molecule has 1 fully saturated rings. The van der Waals surface area contributed by atoms with Crippen LogP contribution in [0.1, 0.15) is 89.5 Å². The van der Waals surface area contributed by atoms with E-state index in [-0.39, 0.29) is 17.9 Å². The van der Waals surface area contributed by atoms with E-state index in [1.807, 2.05) is 45.9 Å². The molecule has 2 atom stereocenters. The fraction of sp³-hybridized carbons (Fsp3) is 0.607. The first-order chi connectivity index (χ1) is 16.3. The number of terminal acetylenes is 1. The van der Waals surface area contributed by atoms with Crippen molar-refractivity contribution in [1.29, 1.82) is 0 Å². The molecule has 3 amide bonds. The van der Waals surface area contributed by atoms with Crippen molar-refractivity contribution in [3.63, 3.8) is 0 Å². The molecule has 1 aromatic carbocycles. The molecule has 1 aliphatic carbocycles. The van der Waals surface area contributed by atoms with Gasteiger partial charge in [0.05, 0.1) is 0 Å². The zero-order valence-corrected chi connectivity index (χ0v) is 22.2. The Morgan fingerprint density at radius 1 is 1.06 bits per heavy atom. The van der Waals surface area contributed by atoms with Crippen molar-refractivity contribution in [3.05, 3.63) is 34.9 Å². The molecular formula is C28H41N3O4. The number of nitrogens with zero attached hydrogens (tertiary/aromatic N) is 1. The van der Waals surface area contributed by atoms with Gasteiger partial charge < -0.3 is 15.4 Å². The van der Waals surface area contributed by atoms with E-state index >= 15 is 0 Å². The molecule has 1 saturated carbocycles. The molecule has 0 aliphatic heterocycles. The second kappa shape index (κ2) is 12.1. The van der Waals surface area contributed by atoms with Gasteiger partial charge in [0.25, 0.3) is 5.91 Å². The normalized spacial score (nSPS) is 16.1. The molecule has 0 heterocycles. The zero-order chi connectivity index (χ0) is 26.3. The number of ether oxygens (including phenoxy) is 1. The summed E-state index contributed by atoms with van der Waals surface area (Å²) in [6.45, 7) is 12.7. The third-order valence-corrected chi connectivity index (χ3v) is 6.00.